The van der Waals surface area contributed by atoms with Gasteiger partial charge in [0.1, 0.15) is 12.2 Å². The van der Waals surface area contributed by atoms with Crippen LogP contribution in [0.1, 0.15) is 68.9 Å². The molecule has 8 N–H and O–H groups in total. The second-order valence-corrected chi connectivity index (χ2v) is 15.0. The molecule has 1 aromatic rings. The number of rotatable bonds is 15. The summed E-state index contributed by atoms with van der Waals surface area (Å²) in [5.74, 6) is -2.37. The lowest BCUT2D eigenvalue weighted by Gasteiger charge is -2.61. The van der Waals surface area contributed by atoms with Crippen LogP contribution in [0, 0.1) is 5.92 Å². The molecule has 3 amide bonds. The van der Waals surface area contributed by atoms with Crippen molar-refractivity contribution in [3.05, 3.63) is 35.1 Å². The molecular weight excluding hydrogens is 702 g/mol. The molecule has 17 heteroatoms. The quantitative estimate of drug-likeness (QED) is 0.0611. The average molecular weight is 754 g/mol. The molecule has 17 nitrogen and oxygen atoms in total. The number of aliphatic imine (C=N–C) groups is 1. The number of Topliss-reactive ketones (excluding diaryl/α,β-unsaturated/α-hetero) is 1. The van der Waals surface area contributed by atoms with E-state index in [4.69, 9.17) is 30.8 Å². The van der Waals surface area contributed by atoms with E-state index in [2.05, 4.69) is 20.5 Å². The molecule has 2 fully saturated rings. The lowest BCUT2D eigenvalue weighted by Crippen LogP contribution is -2.74. The molecule has 54 heavy (non-hydrogen) atoms. The maximum Gasteiger partial charge on any atom is 0.415 e. The predicted octanol–water partition coefficient (Wildman–Crippen LogP) is 0.300. The van der Waals surface area contributed by atoms with Gasteiger partial charge in [-0.25, -0.2) is 4.79 Å². The number of aliphatic carboxylic acids is 1. The number of carbonyl (C=O) groups is 5. The normalized spacial score (nSPS) is 27.0. The summed E-state index contributed by atoms with van der Waals surface area (Å²) in [6, 6.07) is 3.39. The highest BCUT2D eigenvalue weighted by atomic mass is 16.6. The number of hydrogen-bond donors (Lipinski definition) is 6. The van der Waals surface area contributed by atoms with Crippen molar-refractivity contribution in [3.8, 4) is 11.5 Å². The molecule has 1 spiro atoms. The van der Waals surface area contributed by atoms with Crippen molar-refractivity contribution in [2.24, 2.45) is 22.4 Å². The number of nitrogens with zero attached hydrogens (tertiary/aromatic N) is 3. The zero-order chi connectivity index (χ0) is 38.8. The van der Waals surface area contributed by atoms with Crippen LogP contribution in [0.15, 0.2) is 29.0 Å². The number of piperidine rings is 2. The molecule has 294 valence electrons. The first-order valence-electron chi connectivity index (χ1n) is 18.6. The highest BCUT2D eigenvalue weighted by molar-refractivity contribution is 5.96. The largest absolute Gasteiger partial charge is 0.493 e. The van der Waals surface area contributed by atoms with E-state index in [1.54, 1.807) is 18.1 Å². The Morgan fingerprint density at radius 2 is 1.94 bits per heavy atom. The Labute approximate surface area is 313 Å². The number of carboxylic acid groups (broad SMARTS) is 1. The number of nitrogens with two attached hydrogens (primary N) is 2. The van der Waals surface area contributed by atoms with E-state index in [9.17, 15) is 29.1 Å². The number of hydrogen-bond acceptors (Lipinski definition) is 11. The van der Waals surface area contributed by atoms with Gasteiger partial charge in [0.15, 0.2) is 29.3 Å². The first-order chi connectivity index (χ1) is 25.8. The molecule has 3 heterocycles. The number of ketones is 1. The third-order valence-electron chi connectivity index (χ3n) is 11.8. The van der Waals surface area contributed by atoms with Gasteiger partial charge in [-0.1, -0.05) is 6.07 Å². The van der Waals surface area contributed by atoms with Gasteiger partial charge in [-0.05, 0) is 76.2 Å². The molecule has 0 unspecified atom stereocenters. The van der Waals surface area contributed by atoms with Crippen LogP contribution in [0.25, 0.3) is 0 Å². The molecule has 1 aromatic carbocycles. The molecule has 2 saturated heterocycles. The summed E-state index contributed by atoms with van der Waals surface area (Å²) in [6.45, 7) is 1.09. The fraction of sp³-hybridized carbons (Fsp3) is 0.622. The standard InChI is InChI=1S/C37H51N7O10/c1-43-15-12-36-30-21-8-9-25(52-2)31(30)54-32(36)26(10-11-37(36,51)27(43)17-21)53-35(50)44-14-4-3-7-23(44)19-42-33(49)22(6-5-13-40-34(38)39)16-24(45)20-41-28(46)18-29(47)48/h8-10,22-23,27,32,51H,3-7,11-20H2,1-2H3,(H,41,46)(H,42,49)(H,47,48)(H4,38,39,40)/t22-,23-,27-,32+,36+,37-/m1/s1. The Morgan fingerprint density at radius 3 is 2.69 bits per heavy atom. The van der Waals surface area contributed by atoms with Crippen molar-refractivity contribution >= 4 is 35.6 Å². The van der Waals surface area contributed by atoms with Gasteiger partial charge in [0, 0.05) is 50.0 Å². The van der Waals surface area contributed by atoms with Gasteiger partial charge in [0.25, 0.3) is 0 Å². The number of guanidine groups is 1. The van der Waals surface area contributed by atoms with Gasteiger partial charge in [-0.15, -0.1) is 0 Å². The van der Waals surface area contributed by atoms with E-state index in [1.807, 2.05) is 19.2 Å². The van der Waals surface area contributed by atoms with Crippen LogP contribution in [0.2, 0.25) is 0 Å². The third kappa shape index (κ3) is 7.30. The van der Waals surface area contributed by atoms with Crippen molar-refractivity contribution in [1.82, 2.24) is 20.4 Å². The van der Waals surface area contributed by atoms with E-state index in [0.717, 1.165) is 30.5 Å². The molecule has 3 aliphatic heterocycles. The molecular formula is C37H51N7O10. The van der Waals surface area contributed by atoms with Crippen molar-refractivity contribution in [2.45, 2.75) is 93.4 Å². The number of likely N-dealkylation sites (N-methyl/N-ethyl adjacent to an activating group) is 1. The Bertz CT molecular complexity index is 1730. The molecule has 0 saturated carbocycles. The van der Waals surface area contributed by atoms with Gasteiger partial charge >= 0.3 is 12.1 Å². The van der Waals surface area contributed by atoms with Crippen LogP contribution in [0.5, 0.6) is 11.5 Å². The zero-order valence-corrected chi connectivity index (χ0v) is 30.8. The van der Waals surface area contributed by atoms with Gasteiger partial charge < -0.3 is 56.3 Å². The van der Waals surface area contributed by atoms with E-state index in [1.165, 1.54) is 0 Å². The number of benzene rings is 1. The van der Waals surface area contributed by atoms with E-state index in [-0.39, 0.29) is 44.4 Å². The lowest BCUT2D eigenvalue weighted by molar-refractivity contribution is -0.163. The Kier molecular flexibility index (Phi) is 11.4. The van der Waals surface area contributed by atoms with Crippen LogP contribution >= 0.6 is 0 Å². The fourth-order valence-corrected chi connectivity index (χ4v) is 9.18. The van der Waals surface area contributed by atoms with Crippen LogP contribution in [0.3, 0.4) is 0 Å². The molecule has 0 radical (unpaired) electrons. The maximum atomic E-state index is 14.0. The summed E-state index contributed by atoms with van der Waals surface area (Å²) in [5.41, 5.74) is 10.9. The number of aliphatic hydroxyl groups is 1. The highest BCUT2D eigenvalue weighted by Crippen LogP contribution is 2.65. The van der Waals surface area contributed by atoms with Crippen molar-refractivity contribution in [1.29, 1.82) is 0 Å². The van der Waals surface area contributed by atoms with Crippen LogP contribution in [-0.2, 0) is 35.8 Å². The first-order valence-corrected chi connectivity index (χ1v) is 18.6. The van der Waals surface area contributed by atoms with Crippen molar-refractivity contribution in [2.75, 3.05) is 46.9 Å². The predicted molar refractivity (Wildman–Crippen MR) is 194 cm³/mol. The summed E-state index contributed by atoms with van der Waals surface area (Å²) >= 11 is 0. The third-order valence-corrected chi connectivity index (χ3v) is 11.8. The summed E-state index contributed by atoms with van der Waals surface area (Å²) in [6.07, 6.45) is 3.91. The van der Waals surface area contributed by atoms with E-state index >= 15 is 0 Å². The van der Waals surface area contributed by atoms with E-state index in [0.29, 0.717) is 49.5 Å². The average Bonchev–Trinajstić information content (AvgIpc) is 3.49. The number of nitrogens with one attached hydrogen (secondary N) is 2. The topological polar surface area (TPSA) is 248 Å². The number of likely N-dealkylation sites (tertiary alicyclic amines) is 2. The molecule has 0 aromatic heterocycles. The fourth-order valence-electron chi connectivity index (χ4n) is 9.18. The minimum Gasteiger partial charge on any atom is -0.493 e. The number of carbonyl (C=O) groups excluding carboxylic acids is 4. The van der Waals surface area contributed by atoms with Crippen LogP contribution in [-0.4, -0.2) is 126 Å². The Morgan fingerprint density at radius 1 is 1.15 bits per heavy atom. The number of methoxy groups -OCH3 is 1. The summed E-state index contributed by atoms with van der Waals surface area (Å²) in [7, 11) is 3.61. The summed E-state index contributed by atoms with van der Waals surface area (Å²) in [4.78, 5) is 70.6. The molecule has 6 atom stereocenters. The zero-order valence-electron chi connectivity index (χ0n) is 30.8. The van der Waals surface area contributed by atoms with Crippen molar-refractivity contribution < 1.29 is 48.4 Å². The minimum atomic E-state index is -1.32. The SMILES string of the molecule is COc1ccc2c3c1O[C@H]1C(OC(=O)N4CCCC[C@@H]4CNC(=O)[C@H](CCCN=C(N)N)CC(=O)CNC(=O)CC(=O)O)=CC[C@@]4(O)[C@@H](C2)N(C)CC[C@]314. The monoisotopic (exact) mass is 753 g/mol. The molecule has 2 aliphatic carbocycles. The van der Waals surface area contributed by atoms with E-state index < -0.39 is 71.7 Å². The number of amides is 3. The maximum absolute atomic E-state index is 14.0. The second-order valence-electron chi connectivity index (χ2n) is 15.0. The molecule has 6 rings (SSSR count). The molecule has 2 bridgehead atoms. The first kappa shape index (κ1) is 38.8. The summed E-state index contributed by atoms with van der Waals surface area (Å²) < 4.78 is 18.5. The summed E-state index contributed by atoms with van der Waals surface area (Å²) in [5, 5.41) is 26.5. The lowest BCUT2D eigenvalue weighted by atomic mass is 9.50. The van der Waals surface area contributed by atoms with Crippen LogP contribution in [0.4, 0.5) is 4.79 Å². The number of ether oxygens (including phenoxy) is 3. The minimum absolute atomic E-state index is 0.0976. The number of carboxylic acids is 1. The van der Waals surface area contributed by atoms with Crippen LogP contribution < -0.4 is 31.6 Å². The Hall–Kier alpha value is -4.90. The Balaban J connectivity index is 1.14. The molecule has 5 aliphatic rings. The highest BCUT2D eigenvalue weighted by Gasteiger charge is 2.72. The van der Waals surface area contributed by atoms with Gasteiger partial charge in [0.2, 0.25) is 11.8 Å². The second kappa shape index (κ2) is 15.8. The van der Waals surface area contributed by atoms with Gasteiger partial charge in [-0.2, -0.15) is 0 Å². The van der Waals surface area contributed by atoms with Gasteiger partial charge in [0.05, 0.1) is 30.7 Å². The smallest absolute Gasteiger partial charge is 0.415 e. The van der Waals surface area contributed by atoms with Gasteiger partial charge in [-0.3, -0.25) is 24.2 Å². The van der Waals surface area contributed by atoms with Crippen molar-refractivity contribution in [3.63, 3.8) is 0 Å².